The Morgan fingerprint density at radius 2 is 1.65 bits per heavy atom. The zero-order chi connectivity index (χ0) is 17.0. The smallest absolute Gasteiger partial charge is 0.268 e. The topological polar surface area (TPSA) is 80.9 Å². The van der Waals surface area contributed by atoms with Crippen molar-refractivity contribution in [1.82, 2.24) is 9.97 Å². The fraction of sp³-hybridized carbons (Fsp3) is 0.389. The van der Waals surface area contributed by atoms with Crippen molar-refractivity contribution in [2.24, 2.45) is 11.7 Å². The maximum absolute atomic E-state index is 11.2. The highest BCUT2D eigenvalue weighted by Gasteiger charge is 2.17. The van der Waals surface area contributed by atoms with E-state index in [0.29, 0.717) is 17.7 Å². The highest BCUT2D eigenvalue weighted by molar-refractivity contribution is 5.90. The quantitative estimate of drug-likeness (QED) is 0.855. The minimum Gasteiger partial charge on any atom is -0.364 e. The molecule has 5 heteroatoms. The Labute approximate surface area is 137 Å². The van der Waals surface area contributed by atoms with Gasteiger partial charge in [0.1, 0.15) is 11.5 Å². The lowest BCUT2D eigenvalue weighted by Crippen LogP contribution is -2.19. The zero-order valence-corrected chi connectivity index (χ0v) is 14.1. The third kappa shape index (κ3) is 4.28. The van der Waals surface area contributed by atoms with Crippen molar-refractivity contribution >= 4 is 11.7 Å². The number of nitrogens with two attached hydrogens (primary N) is 1. The van der Waals surface area contributed by atoms with Crippen molar-refractivity contribution in [3.63, 3.8) is 0 Å². The van der Waals surface area contributed by atoms with Gasteiger partial charge >= 0.3 is 0 Å². The van der Waals surface area contributed by atoms with Gasteiger partial charge in [0.05, 0.1) is 18.4 Å². The second-order valence-electron chi connectivity index (χ2n) is 6.34. The van der Waals surface area contributed by atoms with Crippen molar-refractivity contribution in [2.45, 2.75) is 39.7 Å². The largest absolute Gasteiger partial charge is 0.364 e. The van der Waals surface area contributed by atoms with Crippen molar-refractivity contribution in [1.29, 1.82) is 0 Å². The van der Waals surface area contributed by atoms with Crippen LogP contribution in [0.3, 0.4) is 0 Å². The predicted molar refractivity (Wildman–Crippen MR) is 92.3 cm³/mol. The van der Waals surface area contributed by atoms with Gasteiger partial charge in [-0.15, -0.1) is 0 Å². The van der Waals surface area contributed by atoms with Crippen LogP contribution in [0, 0.1) is 5.92 Å². The van der Waals surface area contributed by atoms with Gasteiger partial charge in [0.15, 0.2) is 0 Å². The van der Waals surface area contributed by atoms with Gasteiger partial charge in [-0.1, -0.05) is 52.0 Å². The van der Waals surface area contributed by atoms with Gasteiger partial charge in [0.2, 0.25) is 0 Å². The Kier molecular flexibility index (Phi) is 5.32. The number of primary amides is 1. The lowest BCUT2D eigenvalue weighted by Gasteiger charge is -2.24. The third-order valence-corrected chi connectivity index (χ3v) is 3.82. The molecule has 1 heterocycles. The van der Waals surface area contributed by atoms with E-state index in [9.17, 15) is 4.79 Å². The number of benzene rings is 1. The Hall–Kier alpha value is -2.43. The molecule has 5 nitrogen and oxygen atoms in total. The summed E-state index contributed by atoms with van der Waals surface area (Å²) < 4.78 is 0. The van der Waals surface area contributed by atoms with Gasteiger partial charge in [0, 0.05) is 0 Å². The van der Waals surface area contributed by atoms with Crippen LogP contribution in [0.2, 0.25) is 0 Å². The summed E-state index contributed by atoms with van der Waals surface area (Å²) in [6.07, 6.45) is 2.97. The number of carbonyl (C=O) groups is 1. The molecule has 0 spiro atoms. The molecule has 2 rings (SSSR count). The zero-order valence-electron chi connectivity index (χ0n) is 14.1. The minimum absolute atomic E-state index is 0.0774. The maximum Gasteiger partial charge on any atom is 0.268 e. The predicted octanol–water partition coefficient (Wildman–Crippen LogP) is 3.51. The summed E-state index contributed by atoms with van der Waals surface area (Å²) in [5, 5.41) is 3.36. The number of hydrogen-bond acceptors (Lipinski definition) is 4. The summed E-state index contributed by atoms with van der Waals surface area (Å²) >= 11 is 0. The molecular weight excluding hydrogens is 288 g/mol. The first kappa shape index (κ1) is 16.9. The van der Waals surface area contributed by atoms with Crippen molar-refractivity contribution in [2.75, 3.05) is 5.32 Å². The van der Waals surface area contributed by atoms with Gasteiger partial charge in [-0.25, -0.2) is 4.98 Å². The van der Waals surface area contributed by atoms with Crippen LogP contribution in [0.5, 0.6) is 0 Å². The number of rotatable bonds is 6. The van der Waals surface area contributed by atoms with Gasteiger partial charge in [-0.05, 0) is 23.0 Å². The van der Waals surface area contributed by atoms with E-state index in [0.717, 1.165) is 0 Å². The lowest BCUT2D eigenvalue weighted by molar-refractivity contribution is 0.0995. The maximum atomic E-state index is 11.2. The summed E-state index contributed by atoms with van der Waals surface area (Å²) in [6.45, 7) is 8.63. The monoisotopic (exact) mass is 312 g/mol. The molecule has 0 radical (unpaired) electrons. The Balaban J connectivity index is 2.25. The van der Waals surface area contributed by atoms with E-state index in [1.54, 1.807) is 6.20 Å². The van der Waals surface area contributed by atoms with Crippen molar-refractivity contribution < 1.29 is 4.79 Å². The molecule has 0 saturated heterocycles. The van der Waals surface area contributed by atoms with Crippen LogP contribution in [0.25, 0.3) is 0 Å². The third-order valence-electron chi connectivity index (χ3n) is 3.82. The molecule has 1 aromatic heterocycles. The summed E-state index contributed by atoms with van der Waals surface area (Å²) in [4.78, 5) is 19.5. The first-order valence-electron chi connectivity index (χ1n) is 7.86. The first-order valence-corrected chi connectivity index (χ1v) is 7.86. The number of nitrogens with one attached hydrogen (secondary N) is 1. The highest BCUT2D eigenvalue weighted by Crippen LogP contribution is 2.27. The molecule has 1 amide bonds. The molecule has 0 aliphatic carbocycles. The molecule has 0 aliphatic heterocycles. The Morgan fingerprint density at radius 3 is 2.17 bits per heavy atom. The fourth-order valence-corrected chi connectivity index (χ4v) is 2.44. The molecule has 3 N–H and O–H groups in total. The number of anilines is 1. The summed E-state index contributed by atoms with van der Waals surface area (Å²) in [7, 11) is 0. The number of nitrogens with zero attached hydrogens (tertiary/aromatic N) is 2. The average Bonchev–Trinajstić information content (AvgIpc) is 2.52. The average molecular weight is 312 g/mol. The molecule has 23 heavy (non-hydrogen) atoms. The van der Waals surface area contributed by atoms with Crippen LogP contribution in [0.4, 0.5) is 5.82 Å². The lowest BCUT2D eigenvalue weighted by atomic mass is 9.93. The Bertz CT molecular complexity index is 665. The molecule has 0 bridgehead atoms. The van der Waals surface area contributed by atoms with Gasteiger partial charge < -0.3 is 11.1 Å². The van der Waals surface area contributed by atoms with Gasteiger partial charge in [-0.3, -0.25) is 9.78 Å². The summed E-state index contributed by atoms with van der Waals surface area (Å²) in [5.74, 6) is 0.822. The fourth-order valence-electron chi connectivity index (χ4n) is 2.44. The Morgan fingerprint density at radius 1 is 1.04 bits per heavy atom. The molecule has 1 unspecified atom stereocenters. The SMILES string of the molecule is CC(C)c1ccc(C(Nc2cncc(C(N)=O)n2)C(C)C)cc1. The second kappa shape index (κ2) is 7.22. The first-order chi connectivity index (χ1) is 10.9. The van der Waals surface area contributed by atoms with Crippen LogP contribution in [-0.4, -0.2) is 15.9 Å². The second-order valence-corrected chi connectivity index (χ2v) is 6.34. The number of amides is 1. The molecule has 1 aromatic carbocycles. The molecule has 0 aliphatic rings. The van der Waals surface area contributed by atoms with E-state index in [1.807, 2.05) is 0 Å². The number of aromatic nitrogens is 2. The number of hydrogen-bond donors (Lipinski definition) is 2. The van der Waals surface area contributed by atoms with Gasteiger partial charge in [0.25, 0.3) is 5.91 Å². The molecule has 1 atom stereocenters. The molecule has 122 valence electrons. The van der Waals surface area contributed by atoms with E-state index in [1.165, 1.54) is 17.3 Å². The summed E-state index contributed by atoms with van der Waals surface area (Å²) in [6, 6.07) is 8.66. The molecular formula is C18H24N4O. The van der Waals surface area contributed by atoms with Crippen LogP contribution in [0.15, 0.2) is 36.7 Å². The number of carbonyl (C=O) groups excluding carboxylic acids is 1. The highest BCUT2D eigenvalue weighted by atomic mass is 16.1. The molecule has 2 aromatic rings. The van der Waals surface area contributed by atoms with E-state index >= 15 is 0 Å². The van der Waals surface area contributed by atoms with Crippen LogP contribution in [0.1, 0.15) is 61.3 Å². The summed E-state index contributed by atoms with van der Waals surface area (Å²) in [5.41, 5.74) is 7.91. The minimum atomic E-state index is -0.580. The van der Waals surface area contributed by atoms with Crippen LogP contribution < -0.4 is 11.1 Å². The van der Waals surface area contributed by atoms with Crippen molar-refractivity contribution in [3.8, 4) is 0 Å². The van der Waals surface area contributed by atoms with E-state index < -0.39 is 5.91 Å². The van der Waals surface area contributed by atoms with Crippen LogP contribution >= 0.6 is 0 Å². The van der Waals surface area contributed by atoms with E-state index in [-0.39, 0.29) is 11.7 Å². The van der Waals surface area contributed by atoms with Crippen molar-refractivity contribution in [3.05, 3.63) is 53.5 Å². The van der Waals surface area contributed by atoms with Crippen LogP contribution in [-0.2, 0) is 0 Å². The van der Waals surface area contributed by atoms with E-state index in [4.69, 9.17) is 5.73 Å². The van der Waals surface area contributed by atoms with E-state index in [2.05, 4.69) is 67.2 Å². The standard InChI is InChI=1S/C18H24N4O/c1-11(2)13-5-7-14(8-6-13)17(12(3)4)22-16-10-20-9-15(21-16)18(19)23/h5-12,17H,1-4H3,(H2,19,23)(H,21,22). The molecule has 0 fully saturated rings. The normalized spacial score (nSPS) is 12.4. The molecule has 0 saturated carbocycles. The van der Waals surface area contributed by atoms with Gasteiger partial charge in [-0.2, -0.15) is 0 Å².